The van der Waals surface area contributed by atoms with Crippen molar-refractivity contribution < 1.29 is 0 Å². The summed E-state index contributed by atoms with van der Waals surface area (Å²) >= 11 is 1.91. The molecule has 2 atom stereocenters. The van der Waals surface area contributed by atoms with Gasteiger partial charge in [0, 0.05) is 4.70 Å². The number of rotatable bonds is 4. The molecule has 1 nitrogen and oxygen atoms in total. The van der Waals surface area contributed by atoms with Crippen LogP contribution in [0.5, 0.6) is 0 Å². The maximum absolute atomic E-state index is 3.54. The van der Waals surface area contributed by atoms with Crippen LogP contribution in [0.3, 0.4) is 0 Å². The van der Waals surface area contributed by atoms with E-state index in [0.717, 1.165) is 18.4 Å². The summed E-state index contributed by atoms with van der Waals surface area (Å²) in [5, 5.41) is 7.18. The Morgan fingerprint density at radius 2 is 2.22 bits per heavy atom. The van der Waals surface area contributed by atoms with E-state index in [4.69, 9.17) is 0 Å². The number of thiophene rings is 1. The van der Waals surface area contributed by atoms with E-state index in [9.17, 15) is 0 Å². The molecule has 3 rings (SSSR count). The Bertz CT molecular complexity index is 517. The van der Waals surface area contributed by atoms with Crippen molar-refractivity contribution in [2.75, 3.05) is 13.1 Å². The molecule has 0 amide bonds. The van der Waals surface area contributed by atoms with Gasteiger partial charge in [-0.1, -0.05) is 31.5 Å². The van der Waals surface area contributed by atoms with Crippen molar-refractivity contribution in [2.45, 2.75) is 32.1 Å². The van der Waals surface area contributed by atoms with Crippen molar-refractivity contribution in [2.24, 2.45) is 5.92 Å². The van der Waals surface area contributed by atoms with Gasteiger partial charge in [0.1, 0.15) is 0 Å². The predicted molar refractivity (Wildman–Crippen MR) is 80.5 cm³/mol. The quantitative estimate of drug-likeness (QED) is 0.858. The molecule has 1 aromatic carbocycles. The Kier molecular flexibility index (Phi) is 3.67. The minimum absolute atomic E-state index is 0.770. The molecule has 2 aromatic rings. The van der Waals surface area contributed by atoms with Crippen molar-refractivity contribution in [1.82, 2.24) is 5.32 Å². The summed E-state index contributed by atoms with van der Waals surface area (Å²) in [7, 11) is 0. The lowest BCUT2D eigenvalue weighted by Gasteiger charge is -2.21. The Balaban J connectivity index is 1.90. The highest BCUT2D eigenvalue weighted by atomic mass is 32.1. The summed E-state index contributed by atoms with van der Waals surface area (Å²) in [5.74, 6) is 1.60. The van der Waals surface area contributed by atoms with Gasteiger partial charge in [-0.3, -0.25) is 0 Å². The van der Waals surface area contributed by atoms with Crippen LogP contribution in [0.1, 0.15) is 37.7 Å². The molecule has 1 heterocycles. The monoisotopic (exact) mass is 259 g/mol. The van der Waals surface area contributed by atoms with E-state index in [1.54, 1.807) is 5.56 Å². The lowest BCUT2D eigenvalue weighted by atomic mass is 9.88. The summed E-state index contributed by atoms with van der Waals surface area (Å²) in [6, 6.07) is 9.07. The normalized spacial score (nSPS) is 23.8. The van der Waals surface area contributed by atoms with E-state index in [0.29, 0.717) is 0 Å². The van der Waals surface area contributed by atoms with Gasteiger partial charge >= 0.3 is 0 Å². The molecule has 1 aromatic heterocycles. The van der Waals surface area contributed by atoms with Gasteiger partial charge < -0.3 is 5.32 Å². The second-order valence-electron chi connectivity index (χ2n) is 5.29. The fourth-order valence-electron chi connectivity index (χ4n) is 3.33. The third kappa shape index (κ3) is 2.19. The molecule has 0 saturated heterocycles. The topological polar surface area (TPSA) is 12.0 Å². The van der Waals surface area contributed by atoms with Crippen LogP contribution >= 0.6 is 11.3 Å². The molecule has 1 aliphatic rings. The fourth-order valence-corrected chi connectivity index (χ4v) is 4.31. The van der Waals surface area contributed by atoms with E-state index in [-0.39, 0.29) is 0 Å². The molecule has 96 valence electrons. The summed E-state index contributed by atoms with van der Waals surface area (Å²) in [4.78, 5) is 0. The molecule has 0 bridgehead atoms. The fraction of sp³-hybridized carbons (Fsp3) is 0.500. The molecule has 2 heteroatoms. The maximum Gasteiger partial charge on any atom is 0.0377 e. The van der Waals surface area contributed by atoms with E-state index >= 15 is 0 Å². The van der Waals surface area contributed by atoms with Gasteiger partial charge in [0.25, 0.3) is 0 Å². The second kappa shape index (κ2) is 5.41. The zero-order valence-electron chi connectivity index (χ0n) is 11.0. The van der Waals surface area contributed by atoms with Crippen molar-refractivity contribution in [3.63, 3.8) is 0 Å². The first kappa shape index (κ1) is 12.2. The molecular formula is C16H21NS. The molecule has 1 N–H and O–H groups in total. The number of hydrogen-bond donors (Lipinski definition) is 1. The molecule has 0 spiro atoms. The van der Waals surface area contributed by atoms with Crippen LogP contribution in [-0.2, 0) is 0 Å². The Morgan fingerprint density at radius 1 is 1.28 bits per heavy atom. The second-order valence-corrected chi connectivity index (χ2v) is 6.21. The van der Waals surface area contributed by atoms with Crippen LogP contribution in [0.2, 0.25) is 0 Å². The Hall–Kier alpha value is -0.860. The summed E-state index contributed by atoms with van der Waals surface area (Å²) in [6.07, 6.45) is 4.15. The lowest BCUT2D eigenvalue weighted by Crippen LogP contribution is -2.24. The smallest absolute Gasteiger partial charge is 0.0377 e. The van der Waals surface area contributed by atoms with Gasteiger partial charge in [-0.15, -0.1) is 11.3 Å². The number of nitrogens with one attached hydrogen (secondary N) is 1. The summed E-state index contributed by atoms with van der Waals surface area (Å²) in [6.45, 7) is 4.47. The molecule has 18 heavy (non-hydrogen) atoms. The van der Waals surface area contributed by atoms with Crippen LogP contribution in [0.4, 0.5) is 0 Å². The minimum Gasteiger partial charge on any atom is -0.317 e. The SMILES string of the molecule is CCNCC1CCCC1c1cccc2ccsc12. The van der Waals surface area contributed by atoms with E-state index in [2.05, 4.69) is 41.9 Å². The third-order valence-corrected chi connectivity index (χ3v) is 5.20. The molecular weight excluding hydrogens is 238 g/mol. The van der Waals surface area contributed by atoms with Crippen LogP contribution < -0.4 is 5.32 Å². The zero-order chi connectivity index (χ0) is 12.4. The van der Waals surface area contributed by atoms with Gasteiger partial charge in [-0.05, 0) is 60.2 Å². The molecule has 0 aliphatic heterocycles. The third-order valence-electron chi connectivity index (χ3n) is 4.22. The summed E-state index contributed by atoms with van der Waals surface area (Å²) in [5.41, 5.74) is 1.60. The summed E-state index contributed by atoms with van der Waals surface area (Å²) < 4.78 is 1.52. The maximum atomic E-state index is 3.54. The molecule has 1 aliphatic carbocycles. The van der Waals surface area contributed by atoms with E-state index in [1.807, 2.05) is 11.3 Å². The first-order valence-electron chi connectivity index (χ1n) is 7.07. The average Bonchev–Trinajstić information content (AvgIpc) is 3.04. The van der Waals surface area contributed by atoms with Crippen LogP contribution in [0.15, 0.2) is 29.6 Å². The number of hydrogen-bond acceptors (Lipinski definition) is 2. The van der Waals surface area contributed by atoms with Crippen LogP contribution in [0.25, 0.3) is 10.1 Å². The van der Waals surface area contributed by atoms with Crippen LogP contribution in [0, 0.1) is 5.92 Å². The van der Waals surface area contributed by atoms with Gasteiger partial charge in [-0.25, -0.2) is 0 Å². The van der Waals surface area contributed by atoms with E-state index < -0.39 is 0 Å². The van der Waals surface area contributed by atoms with Gasteiger partial charge in [-0.2, -0.15) is 0 Å². The van der Waals surface area contributed by atoms with Crippen molar-refractivity contribution in [3.05, 3.63) is 35.2 Å². The van der Waals surface area contributed by atoms with Crippen LogP contribution in [-0.4, -0.2) is 13.1 Å². The van der Waals surface area contributed by atoms with Gasteiger partial charge in [0.05, 0.1) is 0 Å². The lowest BCUT2D eigenvalue weighted by molar-refractivity contribution is 0.452. The molecule has 1 fully saturated rings. The largest absolute Gasteiger partial charge is 0.317 e. The van der Waals surface area contributed by atoms with Gasteiger partial charge in [0.15, 0.2) is 0 Å². The Labute approximate surface area is 113 Å². The van der Waals surface area contributed by atoms with Crippen molar-refractivity contribution in [1.29, 1.82) is 0 Å². The number of fused-ring (bicyclic) bond motifs is 1. The highest BCUT2D eigenvalue weighted by molar-refractivity contribution is 7.17. The molecule has 1 saturated carbocycles. The van der Waals surface area contributed by atoms with Crippen molar-refractivity contribution in [3.8, 4) is 0 Å². The average molecular weight is 259 g/mol. The molecule has 2 unspecified atom stereocenters. The highest BCUT2D eigenvalue weighted by Gasteiger charge is 2.29. The minimum atomic E-state index is 0.770. The molecule has 0 radical (unpaired) electrons. The number of benzene rings is 1. The zero-order valence-corrected chi connectivity index (χ0v) is 11.8. The van der Waals surface area contributed by atoms with E-state index in [1.165, 1.54) is 35.9 Å². The first-order valence-corrected chi connectivity index (χ1v) is 7.95. The Morgan fingerprint density at radius 3 is 3.11 bits per heavy atom. The highest BCUT2D eigenvalue weighted by Crippen LogP contribution is 2.42. The first-order chi connectivity index (χ1) is 8.90. The van der Waals surface area contributed by atoms with Gasteiger partial charge in [0.2, 0.25) is 0 Å². The van der Waals surface area contributed by atoms with Crippen molar-refractivity contribution >= 4 is 21.4 Å². The standard InChI is InChI=1S/C16H21NS/c1-2-17-11-13-6-4-7-14(13)15-8-3-5-12-9-10-18-16(12)15/h3,5,8-10,13-14,17H,2,4,6-7,11H2,1H3. The predicted octanol–water partition coefficient (Wildman–Crippen LogP) is 4.39.